The molecule has 0 saturated carbocycles. The molecule has 2 aromatic rings. The van der Waals surface area contributed by atoms with E-state index < -0.39 is 12.0 Å². The number of carboxylic acid groups (broad SMARTS) is 1. The standard InChI is InChI=1S/C19H21ClN2O3/c1-12(2)17(19(24)25)21-11-13-4-3-5-16(10-13)22-18(23)14-6-8-15(20)9-7-14/h3-10,12,17,21H,11H2,1-2H3,(H,22,23)(H,24,25)/t17-/m1/s1. The monoisotopic (exact) mass is 360 g/mol. The number of rotatable bonds is 7. The highest BCUT2D eigenvalue weighted by atomic mass is 35.5. The van der Waals surface area contributed by atoms with Crippen LogP contribution in [-0.2, 0) is 11.3 Å². The van der Waals surface area contributed by atoms with Crippen LogP contribution in [0.1, 0.15) is 29.8 Å². The summed E-state index contributed by atoms with van der Waals surface area (Å²) in [4.78, 5) is 23.5. The summed E-state index contributed by atoms with van der Waals surface area (Å²) >= 11 is 5.82. The van der Waals surface area contributed by atoms with Crippen LogP contribution in [0.2, 0.25) is 5.02 Å². The predicted molar refractivity (Wildman–Crippen MR) is 98.9 cm³/mol. The Balaban J connectivity index is 2.02. The maximum Gasteiger partial charge on any atom is 0.320 e. The van der Waals surface area contributed by atoms with Gasteiger partial charge in [0, 0.05) is 22.8 Å². The van der Waals surface area contributed by atoms with E-state index in [-0.39, 0.29) is 11.8 Å². The Bertz CT molecular complexity index is 745. The number of carboxylic acids is 1. The van der Waals surface area contributed by atoms with E-state index in [0.29, 0.717) is 22.8 Å². The Morgan fingerprint density at radius 2 is 1.80 bits per heavy atom. The van der Waals surface area contributed by atoms with Crippen molar-refractivity contribution in [3.05, 3.63) is 64.7 Å². The first-order chi connectivity index (χ1) is 11.9. The minimum Gasteiger partial charge on any atom is -0.480 e. The largest absolute Gasteiger partial charge is 0.480 e. The molecule has 132 valence electrons. The fraction of sp³-hybridized carbons (Fsp3) is 0.263. The summed E-state index contributed by atoms with van der Waals surface area (Å²) in [5.41, 5.74) is 2.05. The van der Waals surface area contributed by atoms with Gasteiger partial charge >= 0.3 is 5.97 Å². The molecule has 0 spiro atoms. The number of amides is 1. The van der Waals surface area contributed by atoms with Crippen molar-refractivity contribution < 1.29 is 14.7 Å². The van der Waals surface area contributed by atoms with Gasteiger partial charge in [0.05, 0.1) is 0 Å². The van der Waals surface area contributed by atoms with Crippen molar-refractivity contribution in [2.45, 2.75) is 26.4 Å². The van der Waals surface area contributed by atoms with Gasteiger partial charge in [-0.1, -0.05) is 37.6 Å². The van der Waals surface area contributed by atoms with E-state index >= 15 is 0 Å². The first-order valence-corrected chi connectivity index (χ1v) is 8.36. The number of benzene rings is 2. The van der Waals surface area contributed by atoms with Crippen molar-refractivity contribution in [3.8, 4) is 0 Å². The van der Waals surface area contributed by atoms with Gasteiger partial charge in [-0.05, 0) is 47.9 Å². The normalized spacial score (nSPS) is 12.0. The number of carbonyl (C=O) groups excluding carboxylic acids is 1. The maximum atomic E-state index is 12.2. The van der Waals surface area contributed by atoms with Crippen LogP contribution in [0, 0.1) is 5.92 Å². The maximum absolute atomic E-state index is 12.2. The molecule has 0 bridgehead atoms. The molecule has 6 heteroatoms. The number of halogens is 1. The van der Waals surface area contributed by atoms with Gasteiger partial charge in [-0.2, -0.15) is 0 Å². The molecule has 25 heavy (non-hydrogen) atoms. The zero-order valence-corrected chi connectivity index (χ0v) is 14.9. The molecule has 0 fully saturated rings. The first kappa shape index (κ1) is 19.0. The molecule has 2 aromatic carbocycles. The van der Waals surface area contributed by atoms with Gasteiger partial charge in [-0.25, -0.2) is 0 Å². The molecule has 0 aromatic heterocycles. The number of hydrogen-bond donors (Lipinski definition) is 3. The smallest absolute Gasteiger partial charge is 0.320 e. The van der Waals surface area contributed by atoms with Crippen LogP contribution in [0.4, 0.5) is 5.69 Å². The van der Waals surface area contributed by atoms with Crippen molar-refractivity contribution in [2.75, 3.05) is 5.32 Å². The molecule has 3 N–H and O–H groups in total. The van der Waals surface area contributed by atoms with E-state index in [9.17, 15) is 14.7 Å². The molecule has 0 saturated heterocycles. The van der Waals surface area contributed by atoms with Crippen molar-refractivity contribution >= 4 is 29.2 Å². The third-order valence-electron chi connectivity index (χ3n) is 3.75. The Morgan fingerprint density at radius 1 is 1.12 bits per heavy atom. The Labute approximate surface area is 152 Å². The fourth-order valence-corrected chi connectivity index (χ4v) is 2.53. The quantitative estimate of drug-likeness (QED) is 0.702. The van der Waals surface area contributed by atoms with Crippen LogP contribution in [0.25, 0.3) is 0 Å². The summed E-state index contributed by atoms with van der Waals surface area (Å²) in [5, 5.41) is 15.6. The van der Waals surface area contributed by atoms with Gasteiger partial charge in [0.25, 0.3) is 5.91 Å². The van der Waals surface area contributed by atoms with Gasteiger partial charge in [0.15, 0.2) is 0 Å². The van der Waals surface area contributed by atoms with Crippen LogP contribution in [-0.4, -0.2) is 23.0 Å². The van der Waals surface area contributed by atoms with Crippen molar-refractivity contribution in [2.24, 2.45) is 5.92 Å². The molecule has 2 rings (SSSR count). The average Bonchev–Trinajstić information content (AvgIpc) is 2.55. The van der Waals surface area contributed by atoms with E-state index in [2.05, 4.69) is 10.6 Å². The summed E-state index contributed by atoms with van der Waals surface area (Å²) < 4.78 is 0. The predicted octanol–water partition coefficient (Wildman–Crippen LogP) is 3.79. The lowest BCUT2D eigenvalue weighted by atomic mass is 10.0. The van der Waals surface area contributed by atoms with Gasteiger partial charge in [-0.3, -0.25) is 9.59 Å². The number of anilines is 1. The third kappa shape index (κ3) is 5.59. The first-order valence-electron chi connectivity index (χ1n) is 7.99. The molecule has 1 atom stereocenters. The lowest BCUT2D eigenvalue weighted by Crippen LogP contribution is -2.40. The lowest BCUT2D eigenvalue weighted by Gasteiger charge is -2.18. The van der Waals surface area contributed by atoms with Crippen LogP contribution in [0.3, 0.4) is 0 Å². The fourth-order valence-electron chi connectivity index (χ4n) is 2.40. The summed E-state index contributed by atoms with van der Waals surface area (Å²) in [7, 11) is 0. The highest BCUT2D eigenvalue weighted by Crippen LogP contribution is 2.15. The van der Waals surface area contributed by atoms with Crippen LogP contribution >= 0.6 is 11.6 Å². The molecule has 5 nitrogen and oxygen atoms in total. The van der Waals surface area contributed by atoms with Gasteiger partial charge in [-0.15, -0.1) is 0 Å². The highest BCUT2D eigenvalue weighted by Gasteiger charge is 2.20. The van der Waals surface area contributed by atoms with Crippen molar-refractivity contribution in [1.29, 1.82) is 0 Å². The molecule has 0 radical (unpaired) electrons. The Hall–Kier alpha value is -2.37. The zero-order valence-electron chi connectivity index (χ0n) is 14.1. The average molecular weight is 361 g/mol. The number of nitrogens with one attached hydrogen (secondary N) is 2. The second kappa shape index (κ2) is 8.65. The molecule has 0 heterocycles. The number of hydrogen-bond acceptors (Lipinski definition) is 3. The van der Waals surface area contributed by atoms with E-state index in [1.165, 1.54) is 0 Å². The second-order valence-electron chi connectivity index (χ2n) is 6.10. The minimum absolute atomic E-state index is 0.0229. The SMILES string of the molecule is CC(C)[C@@H](NCc1cccc(NC(=O)c2ccc(Cl)cc2)c1)C(=O)O. The summed E-state index contributed by atoms with van der Waals surface area (Å²) in [6.07, 6.45) is 0. The molecule has 0 aliphatic carbocycles. The molecule has 1 amide bonds. The summed E-state index contributed by atoms with van der Waals surface area (Å²) in [6.45, 7) is 4.11. The lowest BCUT2D eigenvalue weighted by molar-refractivity contribution is -0.140. The topological polar surface area (TPSA) is 78.4 Å². The molecular formula is C19H21ClN2O3. The second-order valence-corrected chi connectivity index (χ2v) is 6.54. The summed E-state index contributed by atoms with van der Waals surface area (Å²) in [6, 6.07) is 13.3. The molecule has 0 unspecified atom stereocenters. The van der Waals surface area contributed by atoms with Crippen molar-refractivity contribution in [1.82, 2.24) is 5.32 Å². The van der Waals surface area contributed by atoms with Crippen LogP contribution in [0.15, 0.2) is 48.5 Å². The van der Waals surface area contributed by atoms with Gasteiger partial charge < -0.3 is 15.7 Å². The zero-order chi connectivity index (χ0) is 18.4. The van der Waals surface area contributed by atoms with Gasteiger partial charge in [0.1, 0.15) is 6.04 Å². The van der Waals surface area contributed by atoms with Gasteiger partial charge in [0.2, 0.25) is 0 Å². The number of aliphatic carboxylic acids is 1. The van der Waals surface area contributed by atoms with E-state index in [4.69, 9.17) is 11.6 Å². The minimum atomic E-state index is -0.873. The van der Waals surface area contributed by atoms with E-state index in [0.717, 1.165) is 5.56 Å². The van der Waals surface area contributed by atoms with E-state index in [1.807, 2.05) is 32.0 Å². The molecular weight excluding hydrogens is 340 g/mol. The van der Waals surface area contributed by atoms with Crippen LogP contribution < -0.4 is 10.6 Å². The Kier molecular flexibility index (Phi) is 6.56. The van der Waals surface area contributed by atoms with Crippen LogP contribution in [0.5, 0.6) is 0 Å². The van der Waals surface area contributed by atoms with Crippen molar-refractivity contribution in [3.63, 3.8) is 0 Å². The molecule has 0 aliphatic rings. The number of carbonyl (C=O) groups is 2. The molecule has 0 aliphatic heterocycles. The summed E-state index contributed by atoms with van der Waals surface area (Å²) in [5.74, 6) is -1.13. The Morgan fingerprint density at radius 3 is 2.40 bits per heavy atom. The third-order valence-corrected chi connectivity index (χ3v) is 4.00. The van der Waals surface area contributed by atoms with E-state index in [1.54, 1.807) is 30.3 Å². The highest BCUT2D eigenvalue weighted by molar-refractivity contribution is 6.30.